The van der Waals surface area contributed by atoms with Crippen molar-refractivity contribution < 1.29 is 9.53 Å². The second kappa shape index (κ2) is 6.46. The fraction of sp³-hybridized carbons (Fsp3) is 0.222. The number of hydrogen-bond acceptors (Lipinski definition) is 2. The van der Waals surface area contributed by atoms with E-state index in [-0.39, 0.29) is 43.7 Å². The van der Waals surface area contributed by atoms with Crippen molar-refractivity contribution in [3.63, 3.8) is 0 Å². The maximum atomic E-state index is 10.8. The Kier molecular flexibility index (Phi) is 6.44. The summed E-state index contributed by atoms with van der Waals surface area (Å²) in [5, 5.41) is 0. The monoisotopic (exact) mass is 190 g/mol. The topological polar surface area (TPSA) is 26.3 Å². The predicted octanol–water partition coefficient (Wildman–Crippen LogP) is 1.62. The Labute approximate surface area is 102 Å². The third-order valence-electron chi connectivity index (χ3n) is 1.26. The molecule has 0 heterocycles. The maximum absolute atomic E-state index is 10.8. The van der Waals surface area contributed by atoms with Gasteiger partial charge in [0, 0.05) is 44.2 Å². The molecule has 2 nitrogen and oxygen atoms in total. The first-order valence-electron chi connectivity index (χ1n) is 3.58. The Bertz CT molecular complexity index is 234. The molecule has 0 aromatic heterocycles. The van der Waals surface area contributed by atoms with E-state index in [4.69, 9.17) is 4.74 Å². The molecule has 0 spiro atoms. The zero-order chi connectivity index (χ0) is 8.10. The van der Waals surface area contributed by atoms with E-state index < -0.39 is 0 Å². The molecule has 0 aliphatic carbocycles. The average molecular weight is 190 g/mol. The summed E-state index contributed by atoms with van der Waals surface area (Å²) >= 11 is 0. The summed E-state index contributed by atoms with van der Waals surface area (Å²) < 4.78 is 4.92. The Morgan fingerprint density at radius 3 is 2.42 bits per heavy atom. The molecule has 1 rings (SSSR count). The van der Waals surface area contributed by atoms with E-state index in [1.165, 1.54) is 0 Å². The molecule has 0 unspecified atom stereocenters. The van der Waals surface area contributed by atoms with Gasteiger partial charge in [0.05, 0.1) is 0 Å². The van der Waals surface area contributed by atoms with Crippen LogP contribution >= 0.6 is 0 Å². The third-order valence-corrected chi connectivity index (χ3v) is 1.26. The first-order chi connectivity index (χ1) is 5.33. The Morgan fingerprint density at radius 2 is 1.92 bits per heavy atom. The molecule has 12 heavy (non-hydrogen) atoms. The maximum Gasteiger partial charge on any atom is 0.310 e. The molecule has 0 aliphatic rings. The zero-order valence-electron chi connectivity index (χ0n) is 7.12. The van der Waals surface area contributed by atoms with Gasteiger partial charge in [0.25, 0.3) is 0 Å². The minimum Gasteiger partial charge on any atom is -0.427 e. The van der Waals surface area contributed by atoms with Crippen LogP contribution in [-0.2, 0) is 4.79 Å². The zero-order valence-corrected chi connectivity index (χ0v) is 9.33. The summed E-state index contributed by atoms with van der Waals surface area (Å²) in [7, 11) is 0. The van der Waals surface area contributed by atoms with Gasteiger partial charge in [-0.3, -0.25) is 4.79 Å². The van der Waals surface area contributed by atoms with Crippen molar-refractivity contribution in [3.8, 4) is 5.75 Å². The first kappa shape index (κ1) is 11.9. The van der Waals surface area contributed by atoms with E-state index in [9.17, 15) is 4.79 Å². The smallest absolute Gasteiger partial charge is 0.310 e. The molecule has 0 aliphatic heterocycles. The van der Waals surface area contributed by atoms with Gasteiger partial charge in [0.15, 0.2) is 0 Å². The van der Waals surface area contributed by atoms with Gasteiger partial charge in [0.2, 0.25) is 0 Å². The molecule has 1 aromatic rings. The number of hydrogen-bond donors (Lipinski definition) is 0. The third kappa shape index (κ3) is 4.10. The molecule has 2 radical (unpaired) electrons. The minimum atomic E-state index is -0.198. The quantitative estimate of drug-likeness (QED) is 0.402. The number of carbonyl (C=O) groups is 1. The normalized spacial score (nSPS) is 8.42. The molecule has 0 bridgehead atoms. The predicted molar refractivity (Wildman–Crippen MR) is 48.1 cm³/mol. The van der Waals surface area contributed by atoms with E-state index in [1.807, 2.05) is 18.2 Å². The van der Waals surface area contributed by atoms with Crippen LogP contribution in [0.15, 0.2) is 30.3 Å². The average Bonchev–Trinajstić information content (AvgIpc) is 2.06. The van der Waals surface area contributed by atoms with Crippen molar-refractivity contribution >= 4 is 43.7 Å². The van der Waals surface area contributed by atoms with Crippen molar-refractivity contribution in [1.82, 2.24) is 0 Å². The van der Waals surface area contributed by atoms with Crippen LogP contribution in [0.4, 0.5) is 0 Å². The number of rotatable bonds is 2. The number of para-hydroxylation sites is 1. The van der Waals surface area contributed by atoms with Crippen LogP contribution < -0.4 is 4.74 Å². The van der Waals surface area contributed by atoms with E-state index in [2.05, 4.69) is 0 Å². The molecule has 0 fully saturated rings. The molecular weight excluding hydrogens is 180 g/mol. The Balaban J connectivity index is 0.00000121. The molecule has 0 atom stereocenters. The van der Waals surface area contributed by atoms with Crippen LogP contribution in [0.2, 0.25) is 0 Å². The largest absolute Gasteiger partial charge is 0.427 e. The van der Waals surface area contributed by atoms with Gasteiger partial charge in [0.1, 0.15) is 5.75 Å². The summed E-state index contributed by atoms with van der Waals surface area (Å²) in [6.07, 6.45) is 0.412. The number of benzene rings is 1. The van der Waals surface area contributed by atoms with Crippen molar-refractivity contribution in [1.29, 1.82) is 0 Å². The standard InChI is InChI=1S/C9H10O2.Ca/c1-2-9(10)11-8-6-4-3-5-7-8;/h3-7H,2H2,1H3;. The summed E-state index contributed by atoms with van der Waals surface area (Å²) in [4.78, 5) is 10.8. The van der Waals surface area contributed by atoms with Crippen LogP contribution in [0, 0.1) is 0 Å². The molecule has 0 saturated carbocycles. The number of ether oxygens (including phenoxy) is 1. The number of carbonyl (C=O) groups excluding carboxylic acids is 1. The minimum absolute atomic E-state index is 0. The second-order valence-electron chi connectivity index (χ2n) is 2.14. The van der Waals surface area contributed by atoms with Gasteiger partial charge >= 0.3 is 5.97 Å². The van der Waals surface area contributed by atoms with Gasteiger partial charge < -0.3 is 4.74 Å². The van der Waals surface area contributed by atoms with Gasteiger partial charge in [-0.15, -0.1) is 0 Å². The number of esters is 1. The summed E-state index contributed by atoms with van der Waals surface area (Å²) in [6.45, 7) is 1.77. The van der Waals surface area contributed by atoms with Crippen molar-refractivity contribution in [2.45, 2.75) is 13.3 Å². The van der Waals surface area contributed by atoms with Gasteiger partial charge in [-0.05, 0) is 12.1 Å². The van der Waals surface area contributed by atoms with Crippen LogP contribution in [0.1, 0.15) is 13.3 Å². The summed E-state index contributed by atoms with van der Waals surface area (Å²) in [6, 6.07) is 9.06. The van der Waals surface area contributed by atoms with Crippen molar-refractivity contribution in [2.24, 2.45) is 0 Å². The van der Waals surface area contributed by atoms with E-state index >= 15 is 0 Å². The molecule has 1 aromatic carbocycles. The molecule has 0 amide bonds. The van der Waals surface area contributed by atoms with Crippen LogP contribution in [0.25, 0.3) is 0 Å². The van der Waals surface area contributed by atoms with Crippen LogP contribution in [-0.4, -0.2) is 43.7 Å². The first-order valence-corrected chi connectivity index (χ1v) is 3.58. The fourth-order valence-electron chi connectivity index (χ4n) is 0.692. The van der Waals surface area contributed by atoms with Crippen molar-refractivity contribution in [3.05, 3.63) is 30.3 Å². The molecule has 3 heteroatoms. The summed E-state index contributed by atoms with van der Waals surface area (Å²) in [5.41, 5.74) is 0. The van der Waals surface area contributed by atoms with Gasteiger partial charge in [-0.2, -0.15) is 0 Å². The molecule has 0 N–H and O–H groups in total. The second-order valence-corrected chi connectivity index (χ2v) is 2.14. The van der Waals surface area contributed by atoms with Crippen LogP contribution in [0.5, 0.6) is 5.75 Å². The Morgan fingerprint density at radius 1 is 1.33 bits per heavy atom. The molecule has 0 saturated heterocycles. The molecule has 60 valence electrons. The van der Waals surface area contributed by atoms with Gasteiger partial charge in [-0.25, -0.2) is 0 Å². The van der Waals surface area contributed by atoms with E-state index in [1.54, 1.807) is 19.1 Å². The van der Waals surface area contributed by atoms with Gasteiger partial charge in [-0.1, -0.05) is 25.1 Å². The summed E-state index contributed by atoms with van der Waals surface area (Å²) in [5.74, 6) is 0.413. The fourth-order valence-corrected chi connectivity index (χ4v) is 0.692. The Hall–Kier alpha value is -0.0503. The SMILES string of the molecule is CCC(=O)Oc1ccccc1.[Ca]. The molecular formula is C9H10CaO2. The van der Waals surface area contributed by atoms with Crippen molar-refractivity contribution in [2.75, 3.05) is 0 Å². The van der Waals surface area contributed by atoms with Crippen LogP contribution in [0.3, 0.4) is 0 Å². The van der Waals surface area contributed by atoms with E-state index in [0.29, 0.717) is 12.2 Å². The van der Waals surface area contributed by atoms with E-state index in [0.717, 1.165) is 0 Å².